The molecule has 0 N–H and O–H groups in total. The summed E-state index contributed by atoms with van der Waals surface area (Å²) in [4.78, 5) is 27.4. The Bertz CT molecular complexity index is 293. The fourth-order valence-electron chi connectivity index (χ4n) is 2.08. The lowest BCUT2D eigenvalue weighted by Gasteiger charge is -2.34. The Hall–Kier alpha value is -1.10. The molecule has 0 aliphatic carbocycles. The van der Waals surface area contributed by atoms with E-state index in [0.717, 1.165) is 0 Å². The Kier molecular flexibility index (Phi) is 7.68. The average Bonchev–Trinajstić information content (AvgIpc) is 2.26. The summed E-state index contributed by atoms with van der Waals surface area (Å²) < 4.78 is 4.66. The molecule has 0 aliphatic heterocycles. The Labute approximate surface area is 116 Å². The van der Waals surface area contributed by atoms with Gasteiger partial charge in [-0.25, -0.2) is 0 Å². The summed E-state index contributed by atoms with van der Waals surface area (Å²) in [5.74, 6) is -0.273. The summed E-state index contributed by atoms with van der Waals surface area (Å²) in [7, 11) is 1.36. The lowest BCUT2D eigenvalue weighted by Crippen LogP contribution is -2.49. The van der Waals surface area contributed by atoms with Crippen LogP contribution >= 0.6 is 0 Å². The number of hydrogen-bond acceptors (Lipinski definition) is 4. The smallest absolute Gasteiger partial charge is 0.319 e. The van der Waals surface area contributed by atoms with Gasteiger partial charge in [-0.2, -0.15) is 0 Å². The number of carbonyl (C=O) groups is 2. The van der Waals surface area contributed by atoms with Gasteiger partial charge >= 0.3 is 5.97 Å². The van der Waals surface area contributed by atoms with Gasteiger partial charge < -0.3 is 9.64 Å². The minimum atomic E-state index is -0.317. The van der Waals surface area contributed by atoms with E-state index in [-0.39, 0.29) is 43.1 Å². The molecule has 0 bridgehead atoms. The molecule has 0 saturated carbocycles. The molecule has 0 atom stereocenters. The molecule has 0 radical (unpaired) electrons. The van der Waals surface area contributed by atoms with Gasteiger partial charge in [0.1, 0.15) is 0 Å². The maximum atomic E-state index is 12.3. The highest BCUT2D eigenvalue weighted by atomic mass is 16.5. The highest BCUT2D eigenvalue weighted by Crippen LogP contribution is 2.08. The van der Waals surface area contributed by atoms with Crippen LogP contribution in [0.1, 0.15) is 41.5 Å². The van der Waals surface area contributed by atoms with Gasteiger partial charge in [-0.3, -0.25) is 14.5 Å². The Balaban J connectivity index is 4.74. The van der Waals surface area contributed by atoms with Gasteiger partial charge in [-0.1, -0.05) is 0 Å². The van der Waals surface area contributed by atoms with Gasteiger partial charge in [-0.15, -0.1) is 0 Å². The van der Waals surface area contributed by atoms with E-state index < -0.39 is 0 Å². The van der Waals surface area contributed by atoms with Crippen LogP contribution in [0.3, 0.4) is 0 Å². The van der Waals surface area contributed by atoms with E-state index in [2.05, 4.69) is 4.74 Å². The summed E-state index contributed by atoms with van der Waals surface area (Å²) in [6, 6.07) is 0.420. The largest absolute Gasteiger partial charge is 0.468 e. The van der Waals surface area contributed by atoms with Crippen LogP contribution in [0.25, 0.3) is 0 Å². The third-order valence-corrected chi connectivity index (χ3v) is 3.03. The van der Waals surface area contributed by atoms with Crippen molar-refractivity contribution in [3.05, 3.63) is 0 Å². The molecule has 0 aliphatic rings. The monoisotopic (exact) mass is 272 g/mol. The second-order valence-electron chi connectivity index (χ2n) is 5.56. The Morgan fingerprint density at radius 2 is 1.37 bits per heavy atom. The van der Waals surface area contributed by atoms with Crippen molar-refractivity contribution in [2.75, 3.05) is 20.2 Å². The number of esters is 1. The molecule has 0 saturated heterocycles. The molecule has 0 aromatic rings. The van der Waals surface area contributed by atoms with E-state index in [9.17, 15) is 9.59 Å². The number of amides is 1. The molecule has 0 spiro atoms. The quantitative estimate of drug-likeness (QED) is 0.659. The summed E-state index contributed by atoms with van der Waals surface area (Å²) in [6.07, 6.45) is 0. The van der Waals surface area contributed by atoms with Crippen LogP contribution in [-0.2, 0) is 14.3 Å². The molecule has 0 rings (SSSR count). The molecule has 5 heteroatoms. The molecular formula is C14H28N2O3. The second-order valence-corrected chi connectivity index (χ2v) is 5.56. The standard InChI is InChI=1S/C14H28N2O3/c1-10(2)15(9-14(18)19-7)8-13(17)16(11(3)4)12(5)6/h10-12H,8-9H2,1-7H3. The zero-order valence-corrected chi connectivity index (χ0v) is 13.3. The van der Waals surface area contributed by atoms with Crippen molar-refractivity contribution in [3.8, 4) is 0 Å². The molecular weight excluding hydrogens is 244 g/mol. The van der Waals surface area contributed by atoms with E-state index in [0.29, 0.717) is 0 Å². The molecule has 0 fully saturated rings. The number of hydrogen-bond donors (Lipinski definition) is 0. The Morgan fingerprint density at radius 3 is 1.68 bits per heavy atom. The predicted octanol–water partition coefficient (Wildman–Crippen LogP) is 1.52. The Morgan fingerprint density at radius 1 is 0.895 bits per heavy atom. The molecule has 19 heavy (non-hydrogen) atoms. The minimum Gasteiger partial charge on any atom is -0.468 e. The molecule has 0 heterocycles. The highest BCUT2D eigenvalue weighted by molar-refractivity contribution is 5.80. The SMILES string of the molecule is COC(=O)CN(CC(=O)N(C(C)C)C(C)C)C(C)C. The molecule has 5 nitrogen and oxygen atoms in total. The molecule has 0 aromatic carbocycles. The van der Waals surface area contributed by atoms with Crippen molar-refractivity contribution in [3.63, 3.8) is 0 Å². The molecule has 1 amide bonds. The number of methoxy groups -OCH3 is 1. The lowest BCUT2D eigenvalue weighted by atomic mass is 10.2. The molecule has 0 aromatic heterocycles. The van der Waals surface area contributed by atoms with Crippen LogP contribution < -0.4 is 0 Å². The van der Waals surface area contributed by atoms with Crippen molar-refractivity contribution in [1.29, 1.82) is 0 Å². The van der Waals surface area contributed by atoms with Crippen molar-refractivity contribution in [1.82, 2.24) is 9.80 Å². The van der Waals surface area contributed by atoms with E-state index in [1.165, 1.54) is 7.11 Å². The molecule has 0 unspecified atom stereocenters. The average molecular weight is 272 g/mol. The zero-order chi connectivity index (χ0) is 15.2. The predicted molar refractivity (Wildman–Crippen MR) is 75.8 cm³/mol. The van der Waals surface area contributed by atoms with Gasteiger partial charge in [0.2, 0.25) is 5.91 Å². The summed E-state index contributed by atoms with van der Waals surface area (Å²) >= 11 is 0. The van der Waals surface area contributed by atoms with Crippen molar-refractivity contribution >= 4 is 11.9 Å². The van der Waals surface area contributed by atoms with Crippen LogP contribution in [-0.4, -0.2) is 60.0 Å². The van der Waals surface area contributed by atoms with Gasteiger partial charge in [-0.05, 0) is 41.5 Å². The molecule has 112 valence electrons. The van der Waals surface area contributed by atoms with Gasteiger partial charge in [0, 0.05) is 18.1 Å². The van der Waals surface area contributed by atoms with Gasteiger partial charge in [0.05, 0.1) is 20.2 Å². The van der Waals surface area contributed by atoms with E-state index in [1.54, 1.807) is 0 Å². The van der Waals surface area contributed by atoms with Gasteiger partial charge in [0.25, 0.3) is 0 Å². The summed E-state index contributed by atoms with van der Waals surface area (Å²) in [5, 5.41) is 0. The second kappa shape index (κ2) is 8.15. The topological polar surface area (TPSA) is 49.9 Å². The van der Waals surface area contributed by atoms with Crippen LogP contribution in [0.5, 0.6) is 0 Å². The third kappa shape index (κ3) is 6.05. The number of carbonyl (C=O) groups excluding carboxylic acids is 2. The first-order valence-electron chi connectivity index (χ1n) is 6.82. The number of ether oxygens (including phenoxy) is 1. The van der Waals surface area contributed by atoms with Crippen molar-refractivity contribution < 1.29 is 14.3 Å². The lowest BCUT2D eigenvalue weighted by molar-refractivity contribution is -0.144. The maximum absolute atomic E-state index is 12.3. The van der Waals surface area contributed by atoms with E-state index in [4.69, 9.17) is 0 Å². The number of rotatable bonds is 7. The van der Waals surface area contributed by atoms with Crippen LogP contribution in [0.2, 0.25) is 0 Å². The van der Waals surface area contributed by atoms with Crippen molar-refractivity contribution in [2.24, 2.45) is 0 Å². The first-order valence-corrected chi connectivity index (χ1v) is 6.82. The zero-order valence-electron chi connectivity index (χ0n) is 13.3. The fraction of sp³-hybridized carbons (Fsp3) is 0.857. The highest BCUT2D eigenvalue weighted by Gasteiger charge is 2.24. The summed E-state index contributed by atoms with van der Waals surface area (Å²) in [5.41, 5.74) is 0. The normalized spacial score (nSPS) is 11.5. The minimum absolute atomic E-state index is 0.0441. The summed E-state index contributed by atoms with van der Waals surface area (Å²) in [6.45, 7) is 12.3. The van der Waals surface area contributed by atoms with E-state index >= 15 is 0 Å². The fourth-order valence-corrected chi connectivity index (χ4v) is 2.08. The van der Waals surface area contributed by atoms with Gasteiger partial charge in [0.15, 0.2) is 0 Å². The third-order valence-electron chi connectivity index (χ3n) is 3.03. The van der Waals surface area contributed by atoms with Crippen LogP contribution in [0, 0.1) is 0 Å². The van der Waals surface area contributed by atoms with E-state index in [1.807, 2.05) is 51.3 Å². The van der Waals surface area contributed by atoms with Crippen LogP contribution in [0.15, 0.2) is 0 Å². The van der Waals surface area contributed by atoms with Crippen LogP contribution in [0.4, 0.5) is 0 Å². The maximum Gasteiger partial charge on any atom is 0.319 e. The first kappa shape index (κ1) is 17.9. The van der Waals surface area contributed by atoms with Crippen molar-refractivity contribution in [2.45, 2.75) is 59.7 Å². The number of nitrogens with zero attached hydrogens (tertiary/aromatic N) is 2. The first-order chi connectivity index (χ1) is 8.70.